The minimum atomic E-state index is -0.594. The van der Waals surface area contributed by atoms with Gasteiger partial charge in [0.1, 0.15) is 5.75 Å². The maximum Gasteiger partial charge on any atom is 0.310 e. The zero-order valence-electron chi connectivity index (χ0n) is 12.5. The van der Waals surface area contributed by atoms with Gasteiger partial charge < -0.3 is 9.84 Å². The first-order valence-electron chi connectivity index (χ1n) is 6.74. The van der Waals surface area contributed by atoms with Crippen molar-refractivity contribution in [3.8, 4) is 11.5 Å². The normalized spacial score (nSPS) is 10.6. The third-order valence-electron chi connectivity index (χ3n) is 2.88. The molecule has 0 bridgehead atoms. The molecule has 130 valence electrons. The molecule has 0 spiro atoms. The molecular formula is C15H11Br2N3O5. The second kappa shape index (κ2) is 8.58. The maximum atomic E-state index is 11.7. The van der Waals surface area contributed by atoms with Crippen LogP contribution in [0.25, 0.3) is 0 Å². The molecule has 0 aliphatic heterocycles. The summed E-state index contributed by atoms with van der Waals surface area (Å²) in [7, 11) is 0. The summed E-state index contributed by atoms with van der Waals surface area (Å²) in [5.74, 6) is -0.574. The quantitative estimate of drug-likeness (QED) is 0.380. The van der Waals surface area contributed by atoms with Crippen LogP contribution in [0.5, 0.6) is 11.5 Å². The molecule has 2 aromatic rings. The molecule has 25 heavy (non-hydrogen) atoms. The van der Waals surface area contributed by atoms with Crippen molar-refractivity contribution in [1.82, 2.24) is 5.43 Å². The fourth-order valence-corrected chi connectivity index (χ4v) is 2.83. The van der Waals surface area contributed by atoms with Gasteiger partial charge in [0.15, 0.2) is 12.4 Å². The van der Waals surface area contributed by atoms with Crippen molar-refractivity contribution in [1.29, 1.82) is 0 Å². The number of hydrazone groups is 1. The van der Waals surface area contributed by atoms with Gasteiger partial charge in [-0.1, -0.05) is 28.1 Å². The summed E-state index contributed by atoms with van der Waals surface area (Å²) in [5, 5.41) is 24.2. The Labute approximate surface area is 158 Å². The van der Waals surface area contributed by atoms with Gasteiger partial charge in [-0.05, 0) is 34.1 Å². The molecule has 0 heterocycles. The van der Waals surface area contributed by atoms with E-state index in [2.05, 4.69) is 42.4 Å². The molecule has 10 heteroatoms. The largest absolute Gasteiger partial charge is 0.507 e. The predicted octanol–water partition coefficient (Wildman–Crippen LogP) is 3.35. The van der Waals surface area contributed by atoms with Crippen LogP contribution in [0.1, 0.15) is 5.56 Å². The van der Waals surface area contributed by atoms with Gasteiger partial charge in [0.25, 0.3) is 5.91 Å². The fraction of sp³-hybridized carbons (Fsp3) is 0.0667. The molecule has 0 aliphatic carbocycles. The third-order valence-corrected chi connectivity index (χ3v) is 4.20. The molecule has 0 saturated heterocycles. The summed E-state index contributed by atoms with van der Waals surface area (Å²) in [6.45, 7) is -0.436. The van der Waals surface area contributed by atoms with Crippen molar-refractivity contribution in [2.75, 3.05) is 6.61 Å². The van der Waals surface area contributed by atoms with Crippen LogP contribution in [0.4, 0.5) is 5.69 Å². The highest BCUT2D eigenvalue weighted by Crippen LogP contribution is 2.29. The van der Waals surface area contributed by atoms with Crippen molar-refractivity contribution < 1.29 is 19.6 Å². The number of phenols is 1. The van der Waals surface area contributed by atoms with Crippen molar-refractivity contribution >= 4 is 49.7 Å². The highest BCUT2D eigenvalue weighted by atomic mass is 79.9. The number of nitro benzene ring substituents is 1. The van der Waals surface area contributed by atoms with Crippen LogP contribution in [0, 0.1) is 10.1 Å². The summed E-state index contributed by atoms with van der Waals surface area (Å²) in [5.41, 5.74) is 2.55. The zero-order chi connectivity index (χ0) is 18.4. The molecule has 0 saturated carbocycles. The lowest BCUT2D eigenvalue weighted by molar-refractivity contribution is -0.385. The molecule has 2 aromatic carbocycles. The van der Waals surface area contributed by atoms with Gasteiger partial charge in [-0.3, -0.25) is 14.9 Å². The number of hydrogen-bond donors (Lipinski definition) is 2. The first-order chi connectivity index (χ1) is 11.9. The van der Waals surface area contributed by atoms with Crippen LogP contribution in [0.3, 0.4) is 0 Å². The lowest BCUT2D eigenvalue weighted by Crippen LogP contribution is -2.24. The number of rotatable bonds is 6. The van der Waals surface area contributed by atoms with Crippen molar-refractivity contribution in [3.63, 3.8) is 0 Å². The third kappa shape index (κ3) is 5.26. The Morgan fingerprint density at radius 2 is 2.04 bits per heavy atom. The van der Waals surface area contributed by atoms with Crippen LogP contribution in [0.15, 0.2) is 50.4 Å². The summed E-state index contributed by atoms with van der Waals surface area (Å²) in [6.07, 6.45) is 1.33. The lowest BCUT2D eigenvalue weighted by atomic mass is 10.2. The van der Waals surface area contributed by atoms with E-state index in [0.717, 1.165) is 0 Å². The first-order valence-corrected chi connectivity index (χ1v) is 8.33. The number of carbonyl (C=O) groups is 1. The summed E-state index contributed by atoms with van der Waals surface area (Å²) < 4.78 is 6.31. The van der Waals surface area contributed by atoms with Gasteiger partial charge in [-0.2, -0.15) is 5.10 Å². The molecular weight excluding hydrogens is 462 g/mol. The van der Waals surface area contributed by atoms with Gasteiger partial charge in [-0.15, -0.1) is 0 Å². The number of aromatic hydroxyl groups is 1. The number of carbonyl (C=O) groups excluding carboxylic acids is 1. The second-order valence-corrected chi connectivity index (χ2v) is 6.34. The number of benzene rings is 2. The Hall–Kier alpha value is -2.46. The summed E-state index contributed by atoms with van der Waals surface area (Å²) >= 11 is 6.47. The number of para-hydroxylation sites is 2. The number of nitrogens with zero attached hydrogens (tertiary/aromatic N) is 2. The Morgan fingerprint density at radius 1 is 1.32 bits per heavy atom. The van der Waals surface area contributed by atoms with E-state index in [0.29, 0.717) is 14.5 Å². The monoisotopic (exact) mass is 471 g/mol. The van der Waals surface area contributed by atoms with Gasteiger partial charge in [0.2, 0.25) is 0 Å². The summed E-state index contributed by atoms with van der Waals surface area (Å²) in [4.78, 5) is 22.0. The molecule has 0 aromatic heterocycles. The number of halogens is 2. The Morgan fingerprint density at radius 3 is 2.76 bits per heavy atom. The van der Waals surface area contributed by atoms with E-state index in [4.69, 9.17) is 4.74 Å². The Balaban J connectivity index is 1.93. The number of amides is 1. The standard InChI is InChI=1S/C15H11Br2N3O5/c16-10-6-11(17)13(21)5-9(10)7-18-19-15(22)8-25-14-4-2-1-3-12(14)20(23)24/h1-7,21H,8H2,(H,19,22)/b18-7+. The Kier molecular flexibility index (Phi) is 6.48. The van der Waals surface area contributed by atoms with Gasteiger partial charge in [0, 0.05) is 16.1 Å². The van der Waals surface area contributed by atoms with Crippen molar-refractivity contribution in [3.05, 3.63) is 61.0 Å². The van der Waals surface area contributed by atoms with Gasteiger partial charge in [0.05, 0.1) is 15.6 Å². The first kappa shape index (κ1) is 18.9. The van der Waals surface area contributed by atoms with E-state index in [1.807, 2.05) is 0 Å². The van der Waals surface area contributed by atoms with Crippen LogP contribution in [-0.2, 0) is 4.79 Å². The molecule has 0 radical (unpaired) electrons. The topological polar surface area (TPSA) is 114 Å². The van der Waals surface area contributed by atoms with E-state index in [9.17, 15) is 20.0 Å². The molecule has 0 atom stereocenters. The fourth-order valence-electron chi connectivity index (χ4n) is 1.73. The molecule has 1 amide bonds. The minimum absolute atomic E-state index is 0.00722. The number of hydrogen-bond acceptors (Lipinski definition) is 6. The lowest BCUT2D eigenvalue weighted by Gasteiger charge is -2.05. The van der Waals surface area contributed by atoms with Crippen LogP contribution < -0.4 is 10.2 Å². The smallest absolute Gasteiger partial charge is 0.310 e. The molecule has 0 fully saturated rings. The van der Waals surface area contributed by atoms with E-state index in [1.54, 1.807) is 12.1 Å². The highest BCUT2D eigenvalue weighted by molar-refractivity contribution is 9.11. The number of phenolic OH excluding ortho intramolecular Hbond substituents is 1. The van der Waals surface area contributed by atoms with E-state index in [1.165, 1.54) is 30.5 Å². The average Bonchev–Trinajstić information content (AvgIpc) is 2.57. The molecule has 8 nitrogen and oxygen atoms in total. The highest BCUT2D eigenvalue weighted by Gasteiger charge is 2.14. The van der Waals surface area contributed by atoms with Crippen LogP contribution in [-0.4, -0.2) is 28.8 Å². The molecule has 0 unspecified atom stereocenters. The van der Waals surface area contributed by atoms with E-state index >= 15 is 0 Å². The van der Waals surface area contributed by atoms with Crippen LogP contribution >= 0.6 is 31.9 Å². The van der Waals surface area contributed by atoms with Gasteiger partial charge in [-0.25, -0.2) is 5.43 Å². The molecule has 2 rings (SSSR count). The Bertz CT molecular complexity index is 842. The van der Waals surface area contributed by atoms with Crippen molar-refractivity contribution in [2.24, 2.45) is 5.10 Å². The average molecular weight is 473 g/mol. The minimum Gasteiger partial charge on any atom is -0.507 e. The van der Waals surface area contributed by atoms with Crippen LogP contribution in [0.2, 0.25) is 0 Å². The number of nitrogens with one attached hydrogen (secondary N) is 1. The SMILES string of the molecule is O=C(COc1ccccc1[N+](=O)[O-])N/N=C/c1cc(O)c(Br)cc1Br. The van der Waals surface area contributed by atoms with Crippen molar-refractivity contribution in [2.45, 2.75) is 0 Å². The molecule has 0 aliphatic rings. The zero-order valence-corrected chi connectivity index (χ0v) is 15.7. The molecule has 2 N–H and O–H groups in total. The maximum absolute atomic E-state index is 11.7. The number of ether oxygens (including phenoxy) is 1. The second-order valence-electron chi connectivity index (χ2n) is 4.63. The predicted molar refractivity (Wildman–Crippen MR) is 97.8 cm³/mol. The summed E-state index contributed by atoms with van der Waals surface area (Å²) in [6, 6.07) is 8.83. The van der Waals surface area contributed by atoms with Gasteiger partial charge >= 0.3 is 5.69 Å². The number of nitro groups is 1. The van der Waals surface area contributed by atoms with E-state index in [-0.39, 0.29) is 17.2 Å². The van der Waals surface area contributed by atoms with E-state index < -0.39 is 17.4 Å².